The Hall–Kier alpha value is -0.770. The number of carbonyl (C=O) groups excluding carboxylic acids is 1. The van der Waals surface area contributed by atoms with Crippen LogP contribution in [0.4, 0.5) is 4.79 Å². The summed E-state index contributed by atoms with van der Waals surface area (Å²) in [5.41, 5.74) is 0. The molecule has 1 aliphatic carbocycles. The Labute approximate surface area is 78.5 Å². The van der Waals surface area contributed by atoms with Crippen molar-refractivity contribution in [2.45, 2.75) is 37.9 Å². The molecule has 1 fully saturated rings. The molecular formula is C9H17NO3. The molecule has 76 valence electrons. The molecule has 0 bridgehead atoms. The Morgan fingerprint density at radius 3 is 2.54 bits per heavy atom. The van der Waals surface area contributed by atoms with Gasteiger partial charge >= 0.3 is 6.09 Å². The highest BCUT2D eigenvalue weighted by atomic mass is 16.6. The number of rotatable bonds is 1. The van der Waals surface area contributed by atoms with Crippen molar-refractivity contribution in [3.05, 3.63) is 0 Å². The molecule has 2 atom stereocenters. The van der Waals surface area contributed by atoms with Crippen molar-refractivity contribution >= 4 is 6.09 Å². The molecule has 0 radical (unpaired) electrons. The monoisotopic (exact) mass is 187 g/mol. The lowest BCUT2D eigenvalue weighted by Crippen LogP contribution is -2.37. The number of ether oxygens (including phenoxy) is 1. The number of aliphatic hydroxyl groups excluding tert-OH is 1. The summed E-state index contributed by atoms with van der Waals surface area (Å²) in [6.07, 6.45) is 2.43. The zero-order chi connectivity index (χ0) is 9.84. The first-order chi connectivity index (χ1) is 6.11. The maximum Gasteiger partial charge on any atom is 0.409 e. The fraction of sp³-hybridized carbons (Fsp3) is 0.889. The van der Waals surface area contributed by atoms with E-state index >= 15 is 0 Å². The fourth-order valence-electron chi connectivity index (χ4n) is 1.45. The first-order valence-electron chi connectivity index (χ1n) is 4.67. The van der Waals surface area contributed by atoms with Crippen LogP contribution in [0, 0.1) is 0 Å². The van der Waals surface area contributed by atoms with Crippen molar-refractivity contribution in [2.75, 3.05) is 14.1 Å². The van der Waals surface area contributed by atoms with Gasteiger partial charge in [0.1, 0.15) is 6.10 Å². The normalized spacial score (nSPS) is 28.2. The summed E-state index contributed by atoms with van der Waals surface area (Å²) >= 11 is 0. The number of nitrogens with zero attached hydrogens (tertiary/aromatic N) is 1. The minimum Gasteiger partial charge on any atom is -0.443 e. The minimum atomic E-state index is -0.474. The van der Waals surface area contributed by atoms with E-state index in [0.717, 1.165) is 25.7 Å². The lowest BCUT2D eigenvalue weighted by molar-refractivity contribution is -0.0291. The van der Waals surface area contributed by atoms with Crippen LogP contribution in [0.5, 0.6) is 0 Å². The number of hydrogen-bond acceptors (Lipinski definition) is 3. The number of hydrogen-bond donors (Lipinski definition) is 1. The van der Waals surface area contributed by atoms with Gasteiger partial charge in [-0.1, -0.05) is 6.42 Å². The third kappa shape index (κ3) is 2.88. The molecule has 4 nitrogen and oxygen atoms in total. The Balaban J connectivity index is 2.38. The average Bonchev–Trinajstić information content (AvgIpc) is 2.08. The van der Waals surface area contributed by atoms with Crippen molar-refractivity contribution in [1.29, 1.82) is 0 Å². The first-order valence-corrected chi connectivity index (χ1v) is 4.67. The van der Waals surface area contributed by atoms with Gasteiger partial charge in [-0.15, -0.1) is 0 Å². The second-order valence-electron chi connectivity index (χ2n) is 3.67. The summed E-state index contributed by atoms with van der Waals surface area (Å²) in [5, 5.41) is 9.50. The topological polar surface area (TPSA) is 49.8 Å². The molecule has 4 heteroatoms. The van der Waals surface area contributed by atoms with Crippen LogP contribution in [0.3, 0.4) is 0 Å². The van der Waals surface area contributed by atoms with Crippen molar-refractivity contribution in [3.63, 3.8) is 0 Å². The van der Waals surface area contributed by atoms with E-state index in [2.05, 4.69) is 0 Å². The summed E-state index contributed by atoms with van der Waals surface area (Å²) in [6.45, 7) is 0. The van der Waals surface area contributed by atoms with Crippen molar-refractivity contribution in [2.24, 2.45) is 0 Å². The van der Waals surface area contributed by atoms with E-state index in [4.69, 9.17) is 4.74 Å². The zero-order valence-electron chi connectivity index (χ0n) is 8.19. The second-order valence-corrected chi connectivity index (χ2v) is 3.67. The third-order valence-electron chi connectivity index (χ3n) is 2.29. The fourth-order valence-corrected chi connectivity index (χ4v) is 1.45. The highest BCUT2D eigenvalue weighted by Crippen LogP contribution is 2.21. The van der Waals surface area contributed by atoms with Crippen molar-refractivity contribution < 1.29 is 14.6 Å². The molecule has 1 rings (SSSR count). The van der Waals surface area contributed by atoms with Gasteiger partial charge in [0.25, 0.3) is 0 Å². The summed E-state index contributed by atoms with van der Waals surface area (Å²) in [7, 11) is 3.27. The number of carbonyl (C=O) groups is 1. The van der Waals surface area contributed by atoms with E-state index in [1.54, 1.807) is 14.1 Å². The van der Waals surface area contributed by atoms with Crippen LogP contribution < -0.4 is 0 Å². The predicted octanol–water partition coefficient (Wildman–Crippen LogP) is 0.988. The van der Waals surface area contributed by atoms with E-state index < -0.39 is 6.10 Å². The summed E-state index contributed by atoms with van der Waals surface area (Å²) in [5.74, 6) is 0. The molecule has 1 amide bonds. The molecule has 2 unspecified atom stereocenters. The maximum absolute atomic E-state index is 11.1. The van der Waals surface area contributed by atoms with Gasteiger partial charge in [0.05, 0.1) is 6.10 Å². The molecule has 0 aromatic carbocycles. The molecule has 13 heavy (non-hydrogen) atoms. The Bertz CT molecular complexity index is 182. The lowest BCUT2D eigenvalue weighted by atomic mass is 9.95. The van der Waals surface area contributed by atoms with Crippen LogP contribution >= 0.6 is 0 Å². The van der Waals surface area contributed by atoms with Crippen LogP contribution in [-0.4, -0.2) is 42.4 Å². The maximum atomic E-state index is 11.1. The second kappa shape index (κ2) is 4.46. The average molecular weight is 187 g/mol. The Kier molecular flexibility index (Phi) is 3.54. The van der Waals surface area contributed by atoms with Gasteiger partial charge in [-0.3, -0.25) is 0 Å². The van der Waals surface area contributed by atoms with Crippen LogP contribution in [0.25, 0.3) is 0 Å². The predicted molar refractivity (Wildman–Crippen MR) is 48.4 cm³/mol. The molecule has 0 aromatic heterocycles. The largest absolute Gasteiger partial charge is 0.443 e. The van der Waals surface area contributed by atoms with Gasteiger partial charge in [0.15, 0.2) is 0 Å². The van der Waals surface area contributed by atoms with E-state index in [0.29, 0.717) is 0 Å². The van der Waals surface area contributed by atoms with Crippen LogP contribution in [-0.2, 0) is 4.74 Å². The minimum absolute atomic E-state index is 0.302. The van der Waals surface area contributed by atoms with Gasteiger partial charge < -0.3 is 14.7 Å². The summed E-state index contributed by atoms with van der Waals surface area (Å²) < 4.78 is 5.10. The third-order valence-corrected chi connectivity index (χ3v) is 2.29. The molecule has 1 N–H and O–H groups in total. The lowest BCUT2D eigenvalue weighted by Gasteiger charge is -2.28. The van der Waals surface area contributed by atoms with E-state index in [-0.39, 0.29) is 12.2 Å². The van der Waals surface area contributed by atoms with Crippen molar-refractivity contribution in [1.82, 2.24) is 4.90 Å². The molecule has 0 aliphatic heterocycles. The van der Waals surface area contributed by atoms with E-state index in [9.17, 15) is 9.90 Å². The molecule has 0 heterocycles. The molecule has 1 saturated carbocycles. The van der Waals surface area contributed by atoms with Gasteiger partial charge in [0.2, 0.25) is 0 Å². The van der Waals surface area contributed by atoms with Gasteiger partial charge in [-0.2, -0.15) is 0 Å². The summed E-state index contributed by atoms with van der Waals surface area (Å²) in [6, 6.07) is 0. The highest BCUT2D eigenvalue weighted by molar-refractivity contribution is 5.67. The smallest absolute Gasteiger partial charge is 0.409 e. The molecule has 0 aromatic rings. The van der Waals surface area contributed by atoms with Gasteiger partial charge in [0, 0.05) is 14.1 Å². The molecule has 1 aliphatic rings. The van der Waals surface area contributed by atoms with Crippen LogP contribution in [0.15, 0.2) is 0 Å². The quantitative estimate of drug-likeness (QED) is 0.666. The van der Waals surface area contributed by atoms with Gasteiger partial charge in [-0.25, -0.2) is 4.79 Å². The standard InChI is InChI=1S/C9H17NO3/c1-10(2)9(12)13-8-6-4-3-5-7(8)11/h7-8,11H,3-6H2,1-2H3. The Morgan fingerprint density at radius 1 is 1.38 bits per heavy atom. The zero-order valence-corrected chi connectivity index (χ0v) is 8.19. The van der Waals surface area contributed by atoms with Crippen LogP contribution in [0.1, 0.15) is 25.7 Å². The van der Waals surface area contributed by atoms with E-state index in [1.807, 2.05) is 0 Å². The number of amides is 1. The van der Waals surface area contributed by atoms with Gasteiger partial charge in [-0.05, 0) is 19.3 Å². The molecule has 0 saturated heterocycles. The Morgan fingerprint density at radius 2 is 2.00 bits per heavy atom. The van der Waals surface area contributed by atoms with Crippen molar-refractivity contribution in [3.8, 4) is 0 Å². The molecule has 0 spiro atoms. The summed E-state index contributed by atoms with van der Waals surface area (Å²) in [4.78, 5) is 12.5. The number of aliphatic hydroxyl groups is 1. The molecular weight excluding hydrogens is 170 g/mol. The van der Waals surface area contributed by atoms with Crippen LogP contribution in [0.2, 0.25) is 0 Å². The first kappa shape index (κ1) is 10.3. The SMILES string of the molecule is CN(C)C(=O)OC1CCCCC1O. The highest BCUT2D eigenvalue weighted by Gasteiger charge is 2.26. The van der Waals surface area contributed by atoms with E-state index in [1.165, 1.54) is 4.90 Å².